The van der Waals surface area contributed by atoms with Gasteiger partial charge in [0.15, 0.2) is 11.9 Å². The predicted molar refractivity (Wildman–Crippen MR) is 125 cm³/mol. The van der Waals surface area contributed by atoms with Gasteiger partial charge in [0.1, 0.15) is 17.6 Å². The summed E-state index contributed by atoms with van der Waals surface area (Å²) < 4.78 is 30.1. The van der Waals surface area contributed by atoms with E-state index in [0.717, 1.165) is 25.0 Å². The van der Waals surface area contributed by atoms with Gasteiger partial charge in [-0.25, -0.2) is 0 Å². The van der Waals surface area contributed by atoms with Crippen LogP contribution in [0.2, 0.25) is 0 Å². The predicted octanol–water partition coefficient (Wildman–Crippen LogP) is 4.87. The lowest BCUT2D eigenvalue weighted by Crippen LogP contribution is -2.53. The average molecular weight is 501 g/mol. The highest BCUT2D eigenvalue weighted by molar-refractivity contribution is 9.09. The number of methoxy groups -OCH3 is 1. The number of hydrogen-bond acceptors (Lipinski definition) is 6. The van der Waals surface area contributed by atoms with Gasteiger partial charge in [-0.3, -0.25) is 0 Å². The molecule has 1 saturated heterocycles. The Hall–Kier alpha value is -1.12. The molecule has 176 valence electrons. The largest absolute Gasteiger partial charge is 0.497 e. The topological polar surface area (TPSA) is 66.4 Å². The van der Waals surface area contributed by atoms with Gasteiger partial charge in [-0.1, -0.05) is 22.0 Å². The lowest BCUT2D eigenvalue weighted by Gasteiger charge is -2.41. The van der Waals surface area contributed by atoms with E-state index in [9.17, 15) is 5.11 Å². The van der Waals surface area contributed by atoms with Crippen LogP contribution in [0.25, 0.3) is 0 Å². The summed E-state index contributed by atoms with van der Waals surface area (Å²) in [5.41, 5.74) is -1.38. The van der Waals surface area contributed by atoms with E-state index in [1.54, 1.807) is 13.2 Å². The van der Waals surface area contributed by atoms with Crippen LogP contribution in [-0.4, -0.2) is 60.5 Å². The number of alkyl halides is 1. The number of benzene rings is 1. The third-order valence-electron chi connectivity index (χ3n) is 5.57. The monoisotopic (exact) mass is 500 g/mol. The molecule has 1 fully saturated rings. The Balaban J connectivity index is 2.28. The Morgan fingerprint density at radius 1 is 1.19 bits per heavy atom. The van der Waals surface area contributed by atoms with Gasteiger partial charge in [-0.15, -0.1) is 0 Å². The molecule has 2 unspecified atom stereocenters. The summed E-state index contributed by atoms with van der Waals surface area (Å²) in [6, 6.07) is 7.39. The van der Waals surface area contributed by atoms with Gasteiger partial charge in [0, 0.05) is 11.4 Å². The van der Waals surface area contributed by atoms with Gasteiger partial charge in [0.05, 0.1) is 25.9 Å². The number of halogens is 1. The minimum Gasteiger partial charge on any atom is -0.497 e. The van der Waals surface area contributed by atoms with Gasteiger partial charge < -0.3 is 28.8 Å². The van der Waals surface area contributed by atoms with E-state index in [2.05, 4.69) is 15.9 Å². The molecule has 7 heteroatoms. The molecule has 4 atom stereocenters. The molecule has 0 bridgehead atoms. The Labute approximate surface area is 195 Å². The summed E-state index contributed by atoms with van der Waals surface area (Å²) in [6.45, 7) is 8.95. The van der Waals surface area contributed by atoms with Crippen molar-refractivity contribution in [3.05, 3.63) is 36.4 Å². The minimum absolute atomic E-state index is 0.0977. The molecule has 1 aliphatic rings. The maximum absolute atomic E-state index is 9.44. The zero-order chi connectivity index (χ0) is 22.9. The van der Waals surface area contributed by atoms with Crippen molar-refractivity contribution in [1.82, 2.24) is 0 Å². The lowest BCUT2D eigenvalue weighted by atomic mass is 9.96. The van der Waals surface area contributed by atoms with Gasteiger partial charge in [-0.05, 0) is 77.3 Å². The summed E-state index contributed by atoms with van der Waals surface area (Å²) in [4.78, 5) is 0.0977. The molecule has 1 aromatic rings. The van der Waals surface area contributed by atoms with Crippen LogP contribution in [0.5, 0.6) is 11.5 Å². The quantitative estimate of drug-likeness (QED) is 0.326. The summed E-state index contributed by atoms with van der Waals surface area (Å²) in [7, 11) is 1.63. The first-order valence-corrected chi connectivity index (χ1v) is 11.8. The molecule has 31 heavy (non-hydrogen) atoms. The maximum Gasteiger partial charge on any atom is 0.157 e. The first kappa shape index (κ1) is 26.1. The van der Waals surface area contributed by atoms with Crippen LogP contribution in [0.4, 0.5) is 0 Å². The number of hydrogen-bond donors (Lipinski definition) is 1. The summed E-state index contributed by atoms with van der Waals surface area (Å²) in [5, 5.41) is 9.44. The molecule has 0 radical (unpaired) electrons. The lowest BCUT2D eigenvalue weighted by molar-refractivity contribution is -0.211. The number of aliphatic hydroxyl groups is 1. The van der Waals surface area contributed by atoms with E-state index in [-0.39, 0.29) is 24.3 Å². The molecular weight excluding hydrogens is 464 g/mol. The van der Waals surface area contributed by atoms with Crippen molar-refractivity contribution in [3.8, 4) is 11.5 Å². The van der Waals surface area contributed by atoms with Crippen molar-refractivity contribution in [3.63, 3.8) is 0 Å². The number of ether oxygens (including phenoxy) is 5. The fourth-order valence-corrected chi connectivity index (χ4v) is 3.31. The normalized spacial score (nSPS) is 21.5. The van der Waals surface area contributed by atoms with Crippen molar-refractivity contribution in [1.29, 1.82) is 0 Å². The molecule has 1 heterocycles. The van der Waals surface area contributed by atoms with E-state index in [4.69, 9.17) is 23.7 Å². The highest BCUT2D eigenvalue weighted by Crippen LogP contribution is 2.32. The summed E-state index contributed by atoms with van der Waals surface area (Å²) in [6.07, 6.45) is 5.82. The fourth-order valence-electron chi connectivity index (χ4n) is 3.21. The second-order valence-electron chi connectivity index (χ2n) is 8.50. The molecule has 0 spiro atoms. The Morgan fingerprint density at radius 3 is 2.42 bits per heavy atom. The van der Waals surface area contributed by atoms with Gasteiger partial charge in [-0.2, -0.15) is 0 Å². The smallest absolute Gasteiger partial charge is 0.157 e. The van der Waals surface area contributed by atoms with Gasteiger partial charge in [0.2, 0.25) is 0 Å². The van der Waals surface area contributed by atoms with Crippen LogP contribution in [-0.2, 0) is 14.2 Å². The van der Waals surface area contributed by atoms with E-state index in [1.807, 2.05) is 58.0 Å². The maximum atomic E-state index is 9.44. The van der Waals surface area contributed by atoms with E-state index in [0.29, 0.717) is 12.4 Å². The Kier molecular flexibility index (Phi) is 10.3. The highest BCUT2D eigenvalue weighted by atomic mass is 79.9. The first-order chi connectivity index (χ1) is 14.7. The zero-order valence-electron chi connectivity index (χ0n) is 19.3. The molecule has 1 aliphatic heterocycles. The van der Waals surface area contributed by atoms with Crippen LogP contribution in [0.1, 0.15) is 47.0 Å². The SMILES string of the molecule is COc1ccc(O[C@@](C)(/C=C/CO)[C@H](COC2CCCCO2)OC(C)(C)C(C)Br)cc1. The minimum atomic E-state index is -0.898. The van der Waals surface area contributed by atoms with E-state index < -0.39 is 17.3 Å². The van der Waals surface area contributed by atoms with Gasteiger partial charge in [0.25, 0.3) is 0 Å². The molecule has 0 aromatic heterocycles. The van der Waals surface area contributed by atoms with Crippen LogP contribution in [0.3, 0.4) is 0 Å². The van der Waals surface area contributed by atoms with Crippen molar-refractivity contribution in [2.24, 2.45) is 0 Å². The Bertz CT molecular complexity index is 669. The standard InChI is InChI=1S/C24H37BrO6/c1-18(25)23(2,3)31-21(17-29-22-9-6-7-16-28-22)24(4,14-8-15-26)30-20-12-10-19(27-5)11-13-20/h8,10-14,18,21-22,26H,6-7,9,15-17H2,1-5H3/b14-8+/t18?,21-,22?,24-/m0/s1. The molecule has 0 amide bonds. The van der Waals surface area contributed by atoms with Crippen molar-refractivity contribution < 1.29 is 28.8 Å². The molecule has 6 nitrogen and oxygen atoms in total. The Morgan fingerprint density at radius 2 is 1.87 bits per heavy atom. The third kappa shape index (κ3) is 8.06. The summed E-state index contributed by atoms with van der Waals surface area (Å²) >= 11 is 3.65. The fraction of sp³-hybridized carbons (Fsp3) is 0.667. The van der Waals surface area contributed by atoms with Crippen LogP contribution >= 0.6 is 15.9 Å². The summed E-state index contributed by atoms with van der Waals surface area (Å²) in [5.74, 6) is 1.41. The van der Waals surface area contributed by atoms with Gasteiger partial charge >= 0.3 is 0 Å². The second kappa shape index (κ2) is 12.2. The third-order valence-corrected chi connectivity index (χ3v) is 6.67. The van der Waals surface area contributed by atoms with E-state index in [1.165, 1.54) is 0 Å². The molecule has 0 aliphatic carbocycles. The molecule has 1 N–H and O–H groups in total. The molecule has 0 saturated carbocycles. The van der Waals surface area contributed by atoms with E-state index >= 15 is 0 Å². The number of rotatable bonds is 12. The van der Waals surface area contributed by atoms with Crippen molar-refractivity contribution >= 4 is 15.9 Å². The van der Waals surface area contributed by atoms with Crippen LogP contribution in [0, 0.1) is 0 Å². The first-order valence-electron chi connectivity index (χ1n) is 10.9. The average Bonchev–Trinajstić information content (AvgIpc) is 2.76. The number of aliphatic hydroxyl groups excluding tert-OH is 1. The highest BCUT2D eigenvalue weighted by Gasteiger charge is 2.41. The van der Waals surface area contributed by atoms with Crippen molar-refractivity contribution in [2.75, 3.05) is 26.9 Å². The second-order valence-corrected chi connectivity index (χ2v) is 9.88. The van der Waals surface area contributed by atoms with Crippen LogP contribution < -0.4 is 9.47 Å². The zero-order valence-corrected chi connectivity index (χ0v) is 20.9. The van der Waals surface area contributed by atoms with Crippen molar-refractivity contribution in [2.45, 2.75) is 75.4 Å². The van der Waals surface area contributed by atoms with Crippen LogP contribution in [0.15, 0.2) is 36.4 Å². The molecule has 2 rings (SSSR count). The molecule has 1 aromatic carbocycles. The molecular formula is C24H37BrO6.